The van der Waals surface area contributed by atoms with E-state index in [9.17, 15) is 26.3 Å². The maximum Gasteiger partial charge on any atom is 0.490 e. The number of aromatic amines is 1. The van der Waals surface area contributed by atoms with Crippen molar-refractivity contribution in [1.29, 1.82) is 0 Å². The van der Waals surface area contributed by atoms with Gasteiger partial charge in [-0.3, -0.25) is 0 Å². The number of nitrogens with one attached hydrogen (secondary N) is 2. The maximum absolute atomic E-state index is 10.6. The van der Waals surface area contributed by atoms with Gasteiger partial charge in [0, 0.05) is 23.7 Å². The first-order valence-corrected chi connectivity index (χ1v) is 12.3. The fraction of sp³-hybridized carbons (Fsp3) is 0.222. The lowest BCUT2D eigenvalue weighted by molar-refractivity contribution is -0.193. The van der Waals surface area contributed by atoms with E-state index >= 15 is 0 Å². The van der Waals surface area contributed by atoms with Crippen LogP contribution in [0.2, 0.25) is 5.02 Å². The van der Waals surface area contributed by atoms with Gasteiger partial charge in [-0.15, -0.1) is 0 Å². The number of carboxylic acids is 2. The van der Waals surface area contributed by atoms with Crippen molar-refractivity contribution in [3.63, 3.8) is 0 Å². The van der Waals surface area contributed by atoms with Crippen LogP contribution in [-0.2, 0) is 29.0 Å². The molecule has 15 heteroatoms. The van der Waals surface area contributed by atoms with Gasteiger partial charge in [-0.25, -0.2) is 14.6 Å². The lowest BCUT2D eigenvalue weighted by atomic mass is 10.1. The molecule has 1 aliphatic carbocycles. The van der Waals surface area contributed by atoms with Gasteiger partial charge < -0.3 is 25.3 Å². The van der Waals surface area contributed by atoms with E-state index in [1.165, 1.54) is 11.1 Å². The van der Waals surface area contributed by atoms with E-state index in [2.05, 4.69) is 39.6 Å². The smallest absolute Gasteiger partial charge is 0.475 e. The third-order valence-corrected chi connectivity index (χ3v) is 6.12. The highest BCUT2D eigenvalue weighted by Crippen LogP contribution is 2.29. The van der Waals surface area contributed by atoms with Crippen molar-refractivity contribution in [3.8, 4) is 11.5 Å². The lowest BCUT2D eigenvalue weighted by Crippen LogP contribution is -2.29. The quantitative estimate of drug-likeness (QED) is 0.188. The monoisotopic (exact) mass is 617 g/mol. The van der Waals surface area contributed by atoms with Crippen LogP contribution in [0.15, 0.2) is 67.0 Å². The van der Waals surface area contributed by atoms with Gasteiger partial charge in [-0.1, -0.05) is 41.9 Å². The zero-order valence-electron chi connectivity index (χ0n) is 21.3. The summed E-state index contributed by atoms with van der Waals surface area (Å²) in [5, 5.41) is 18.6. The summed E-state index contributed by atoms with van der Waals surface area (Å²) in [6.45, 7) is 0.748. The van der Waals surface area contributed by atoms with Gasteiger partial charge in [0.2, 0.25) is 0 Å². The number of H-pyrrole nitrogens is 1. The SMILES string of the molecule is Clc1cc(Oc2ccc3nc[nH]c3c2)ccc1CNC1Cc2ccccc2C1.O=C(O)C(F)(F)F.O=C(O)C(F)(F)F. The van der Waals surface area contributed by atoms with Crippen molar-refractivity contribution < 1.29 is 50.9 Å². The summed E-state index contributed by atoms with van der Waals surface area (Å²) in [6, 6.07) is 20.8. The number of hydrogen-bond donors (Lipinski definition) is 4. The number of rotatable bonds is 5. The number of hydrogen-bond acceptors (Lipinski definition) is 5. The fourth-order valence-corrected chi connectivity index (χ4v) is 4.04. The molecule has 224 valence electrons. The van der Waals surface area contributed by atoms with Crippen molar-refractivity contribution in [3.05, 3.63) is 88.7 Å². The van der Waals surface area contributed by atoms with Crippen LogP contribution < -0.4 is 10.1 Å². The number of halogens is 7. The van der Waals surface area contributed by atoms with E-state index in [1.54, 1.807) is 6.33 Å². The Morgan fingerprint density at radius 1 is 0.905 bits per heavy atom. The van der Waals surface area contributed by atoms with Gasteiger partial charge in [0.1, 0.15) is 11.5 Å². The number of aliphatic carboxylic acids is 2. The molecule has 0 fully saturated rings. The van der Waals surface area contributed by atoms with Crippen LogP contribution in [0, 0.1) is 0 Å². The predicted octanol–water partition coefficient (Wildman–Crippen LogP) is 6.53. The number of nitrogens with zero attached hydrogens (tertiary/aromatic N) is 1. The lowest BCUT2D eigenvalue weighted by Gasteiger charge is -2.14. The Kier molecular flexibility index (Phi) is 10.4. The van der Waals surface area contributed by atoms with Gasteiger partial charge >= 0.3 is 24.3 Å². The van der Waals surface area contributed by atoms with Crippen molar-refractivity contribution in [1.82, 2.24) is 15.3 Å². The molecule has 0 bridgehead atoms. The summed E-state index contributed by atoms with van der Waals surface area (Å²) in [7, 11) is 0. The number of alkyl halides is 6. The molecular weight excluding hydrogens is 596 g/mol. The molecule has 0 unspecified atom stereocenters. The number of carbonyl (C=O) groups is 2. The average molecular weight is 618 g/mol. The molecule has 42 heavy (non-hydrogen) atoms. The van der Waals surface area contributed by atoms with Crippen molar-refractivity contribution >= 4 is 34.6 Å². The minimum Gasteiger partial charge on any atom is -0.475 e. The molecule has 0 saturated carbocycles. The molecule has 4 aromatic rings. The second-order valence-corrected chi connectivity index (χ2v) is 9.20. The normalized spacial score (nSPS) is 12.9. The molecule has 0 atom stereocenters. The highest BCUT2D eigenvalue weighted by Gasteiger charge is 2.38. The topological polar surface area (TPSA) is 125 Å². The Labute approximate surface area is 238 Å². The first kappa shape index (κ1) is 32.2. The van der Waals surface area contributed by atoms with Gasteiger partial charge in [0.15, 0.2) is 0 Å². The van der Waals surface area contributed by atoms with Crippen LogP contribution in [0.25, 0.3) is 11.0 Å². The average Bonchev–Trinajstić information content (AvgIpc) is 3.54. The molecule has 8 nitrogen and oxygen atoms in total. The molecule has 1 aromatic heterocycles. The number of imidazole rings is 1. The van der Waals surface area contributed by atoms with Crippen LogP contribution in [-0.4, -0.2) is 50.5 Å². The maximum atomic E-state index is 10.6. The Morgan fingerprint density at radius 2 is 1.43 bits per heavy atom. The number of ether oxygens (including phenoxy) is 1. The third kappa shape index (κ3) is 9.38. The number of fused-ring (bicyclic) bond motifs is 2. The van der Waals surface area contributed by atoms with E-state index in [4.69, 9.17) is 36.1 Å². The Morgan fingerprint density at radius 3 is 1.95 bits per heavy atom. The minimum atomic E-state index is -5.08. The zero-order valence-corrected chi connectivity index (χ0v) is 22.0. The molecule has 0 amide bonds. The summed E-state index contributed by atoms with van der Waals surface area (Å²) in [5.74, 6) is -4.04. The first-order valence-electron chi connectivity index (χ1n) is 11.9. The summed E-state index contributed by atoms with van der Waals surface area (Å²) in [5.41, 5.74) is 5.84. The van der Waals surface area contributed by atoms with Crippen LogP contribution >= 0.6 is 11.6 Å². The number of benzene rings is 3. The molecule has 1 heterocycles. The molecule has 0 saturated heterocycles. The van der Waals surface area contributed by atoms with Crippen LogP contribution in [0.1, 0.15) is 16.7 Å². The largest absolute Gasteiger partial charge is 0.490 e. The summed E-state index contributed by atoms with van der Waals surface area (Å²) in [4.78, 5) is 25.1. The molecule has 0 spiro atoms. The Bertz CT molecular complexity index is 1490. The second-order valence-electron chi connectivity index (χ2n) is 8.80. The molecular formula is C27H22ClF6N3O5. The number of aromatic nitrogens is 2. The zero-order chi connectivity index (χ0) is 31.1. The summed E-state index contributed by atoms with van der Waals surface area (Å²) >= 11 is 6.51. The summed E-state index contributed by atoms with van der Waals surface area (Å²) < 4.78 is 69.4. The predicted molar refractivity (Wildman–Crippen MR) is 139 cm³/mol. The standard InChI is InChI=1S/C23H20ClN3O.2C2HF3O2/c24-21-11-19(28-20-7-8-22-23(12-20)27-14-26-22)6-5-17(21)13-25-18-9-15-3-1-2-4-16(15)10-18;2*3-2(4,5)1(6)7/h1-8,11-12,14,18,25H,9-10,13H2,(H,26,27);2*(H,6,7). The first-order chi connectivity index (χ1) is 19.6. The Balaban J connectivity index is 0.000000289. The number of carboxylic acid groups (broad SMARTS) is 2. The molecule has 1 aliphatic rings. The molecule has 5 rings (SSSR count). The van der Waals surface area contributed by atoms with Crippen molar-refractivity contribution in [2.75, 3.05) is 0 Å². The van der Waals surface area contributed by atoms with Gasteiger partial charge in [0.05, 0.1) is 17.4 Å². The van der Waals surface area contributed by atoms with Crippen LogP contribution in [0.4, 0.5) is 26.3 Å². The third-order valence-electron chi connectivity index (χ3n) is 5.77. The van der Waals surface area contributed by atoms with E-state index in [0.29, 0.717) is 11.1 Å². The highest BCUT2D eigenvalue weighted by molar-refractivity contribution is 6.31. The second kappa shape index (κ2) is 13.6. The van der Waals surface area contributed by atoms with Gasteiger partial charge in [-0.05, 0) is 53.8 Å². The summed E-state index contributed by atoms with van der Waals surface area (Å²) in [6.07, 6.45) is -6.34. The Hall–Kier alpha value is -4.30. The van der Waals surface area contributed by atoms with Gasteiger partial charge in [-0.2, -0.15) is 26.3 Å². The fourth-order valence-electron chi connectivity index (χ4n) is 3.81. The van der Waals surface area contributed by atoms with Crippen LogP contribution in [0.5, 0.6) is 11.5 Å². The van der Waals surface area contributed by atoms with Crippen molar-refractivity contribution in [2.24, 2.45) is 0 Å². The molecule has 0 radical (unpaired) electrons. The molecule has 0 aliphatic heterocycles. The molecule has 4 N–H and O–H groups in total. The van der Waals surface area contributed by atoms with Crippen molar-refractivity contribution in [2.45, 2.75) is 37.8 Å². The minimum absolute atomic E-state index is 0.463. The van der Waals surface area contributed by atoms with E-state index in [1.807, 2.05) is 36.4 Å². The van der Waals surface area contributed by atoms with E-state index in [0.717, 1.165) is 47.5 Å². The van der Waals surface area contributed by atoms with E-state index < -0.39 is 24.3 Å². The molecule has 3 aromatic carbocycles. The van der Waals surface area contributed by atoms with Gasteiger partial charge in [0.25, 0.3) is 0 Å². The van der Waals surface area contributed by atoms with E-state index in [-0.39, 0.29) is 0 Å². The highest BCUT2D eigenvalue weighted by atomic mass is 35.5. The van der Waals surface area contributed by atoms with Crippen LogP contribution in [0.3, 0.4) is 0 Å².